The topological polar surface area (TPSA) is 120 Å². The van der Waals surface area contributed by atoms with Crippen molar-refractivity contribution in [3.63, 3.8) is 0 Å². The molecule has 1 aliphatic rings. The average Bonchev–Trinajstić information content (AvgIpc) is 3.12. The summed E-state index contributed by atoms with van der Waals surface area (Å²) in [5.74, 6) is 0.452. The van der Waals surface area contributed by atoms with E-state index < -0.39 is 31.1 Å². The van der Waals surface area contributed by atoms with Gasteiger partial charge in [-0.15, -0.1) is 0 Å². The van der Waals surface area contributed by atoms with Crippen molar-refractivity contribution in [2.45, 2.75) is 57.8 Å². The van der Waals surface area contributed by atoms with Gasteiger partial charge >= 0.3 is 0 Å². The first kappa shape index (κ1) is 23.2. The summed E-state index contributed by atoms with van der Waals surface area (Å²) in [4.78, 5) is 4.48. The Bertz CT molecular complexity index is 784. The smallest absolute Gasteiger partial charge is 0.206 e. The van der Waals surface area contributed by atoms with E-state index in [1.165, 1.54) is 0 Å². The molecule has 0 spiro atoms. The standard InChI is InChI=1S/C15H19Cl2N3O4.C3H8O/c1-6(2)18-15-19-9-3-7(16)8(17)4-10(9)20(15)14-13(23)12(22)11(5-21)24-14;1-2-3-4/h3-4,6,11-14,21-23H,5H2,1-2H3,(H,18,19);4H,2-3H2,1H3/t11-,12-,13-,14-;/m0./s1. The fourth-order valence-corrected chi connectivity index (χ4v) is 3.12. The number of aromatic nitrogens is 2. The summed E-state index contributed by atoms with van der Waals surface area (Å²) in [6, 6.07) is 3.33. The maximum absolute atomic E-state index is 10.4. The van der Waals surface area contributed by atoms with Gasteiger partial charge < -0.3 is 30.5 Å². The van der Waals surface area contributed by atoms with Gasteiger partial charge in [0.05, 0.1) is 27.7 Å². The first-order chi connectivity index (χ1) is 13.2. The van der Waals surface area contributed by atoms with E-state index >= 15 is 0 Å². The van der Waals surface area contributed by atoms with Crippen LogP contribution in [0.3, 0.4) is 0 Å². The molecule has 0 radical (unpaired) electrons. The van der Waals surface area contributed by atoms with E-state index in [1.54, 1.807) is 16.7 Å². The third-order valence-electron chi connectivity index (χ3n) is 4.14. The number of aliphatic hydroxyl groups excluding tert-OH is 4. The van der Waals surface area contributed by atoms with E-state index in [-0.39, 0.29) is 6.04 Å². The second kappa shape index (κ2) is 10.1. The summed E-state index contributed by atoms with van der Waals surface area (Å²) in [6.07, 6.45) is -3.34. The molecule has 158 valence electrons. The lowest BCUT2D eigenvalue weighted by Crippen LogP contribution is -2.33. The van der Waals surface area contributed by atoms with Crippen molar-refractivity contribution in [3.8, 4) is 0 Å². The van der Waals surface area contributed by atoms with Crippen LogP contribution in [0.1, 0.15) is 33.4 Å². The predicted molar refractivity (Wildman–Crippen MR) is 109 cm³/mol. The second-order valence-electron chi connectivity index (χ2n) is 6.81. The van der Waals surface area contributed by atoms with Gasteiger partial charge in [-0.25, -0.2) is 4.98 Å². The summed E-state index contributed by atoms with van der Waals surface area (Å²) in [5, 5.41) is 41.4. The van der Waals surface area contributed by atoms with Crippen molar-refractivity contribution in [2.75, 3.05) is 18.5 Å². The van der Waals surface area contributed by atoms with Gasteiger partial charge in [0, 0.05) is 12.6 Å². The number of rotatable bonds is 5. The van der Waals surface area contributed by atoms with E-state index in [4.69, 9.17) is 33.0 Å². The van der Waals surface area contributed by atoms with Crippen LogP contribution in [-0.4, -0.2) is 67.5 Å². The van der Waals surface area contributed by atoms with E-state index in [9.17, 15) is 15.3 Å². The number of imidazole rings is 1. The van der Waals surface area contributed by atoms with Gasteiger partial charge in [0.2, 0.25) is 5.95 Å². The summed E-state index contributed by atoms with van der Waals surface area (Å²) >= 11 is 12.2. The highest BCUT2D eigenvalue weighted by molar-refractivity contribution is 6.42. The largest absolute Gasteiger partial charge is 0.396 e. The molecule has 1 aromatic heterocycles. The molecule has 0 amide bonds. The monoisotopic (exact) mass is 435 g/mol. The third-order valence-corrected chi connectivity index (χ3v) is 4.87. The molecular formula is C18H27Cl2N3O5. The lowest BCUT2D eigenvalue weighted by molar-refractivity contribution is -0.0499. The van der Waals surface area contributed by atoms with Crippen molar-refractivity contribution in [1.29, 1.82) is 0 Å². The van der Waals surface area contributed by atoms with Crippen LogP contribution in [0, 0.1) is 0 Å². The van der Waals surface area contributed by atoms with Crippen molar-refractivity contribution in [1.82, 2.24) is 9.55 Å². The zero-order chi connectivity index (χ0) is 21.0. The van der Waals surface area contributed by atoms with Crippen LogP contribution >= 0.6 is 23.2 Å². The molecule has 1 aliphatic heterocycles. The molecule has 28 heavy (non-hydrogen) atoms. The molecule has 5 N–H and O–H groups in total. The van der Waals surface area contributed by atoms with Gasteiger partial charge in [-0.1, -0.05) is 30.1 Å². The van der Waals surface area contributed by atoms with Crippen molar-refractivity contribution in [3.05, 3.63) is 22.2 Å². The zero-order valence-corrected chi connectivity index (χ0v) is 17.5. The molecule has 1 fully saturated rings. The van der Waals surface area contributed by atoms with E-state index in [1.807, 2.05) is 20.8 Å². The molecule has 2 heterocycles. The van der Waals surface area contributed by atoms with E-state index in [0.29, 0.717) is 33.6 Å². The SMILES string of the molecule is CC(C)Nc1nc2cc(Cl)c(Cl)cc2n1[C@H]1O[C@@H](CO)[C@H](O)[C@@H]1O.CCCO. The molecule has 8 nitrogen and oxygen atoms in total. The number of hydrogen-bond acceptors (Lipinski definition) is 7. The number of nitrogens with zero attached hydrogens (tertiary/aromatic N) is 2. The molecule has 1 aromatic carbocycles. The predicted octanol–water partition coefficient (Wildman–Crippen LogP) is 2.16. The van der Waals surface area contributed by atoms with Crippen molar-refractivity contribution >= 4 is 40.2 Å². The number of benzene rings is 1. The van der Waals surface area contributed by atoms with Crippen LogP contribution in [0.25, 0.3) is 11.0 Å². The minimum absolute atomic E-state index is 0.0728. The highest BCUT2D eigenvalue weighted by Gasteiger charge is 2.44. The molecule has 0 saturated carbocycles. The van der Waals surface area contributed by atoms with E-state index in [2.05, 4.69) is 10.3 Å². The lowest BCUT2D eigenvalue weighted by Gasteiger charge is -2.21. The Labute approximate surface area is 173 Å². The Morgan fingerprint density at radius 3 is 2.29 bits per heavy atom. The summed E-state index contributed by atoms with van der Waals surface area (Å²) in [7, 11) is 0. The number of anilines is 1. The molecular weight excluding hydrogens is 409 g/mol. The molecule has 0 bridgehead atoms. The lowest BCUT2D eigenvalue weighted by atomic mass is 10.1. The fourth-order valence-electron chi connectivity index (χ4n) is 2.80. The van der Waals surface area contributed by atoms with Crippen LogP contribution < -0.4 is 5.32 Å². The van der Waals surface area contributed by atoms with Gasteiger partial charge in [-0.3, -0.25) is 4.57 Å². The van der Waals surface area contributed by atoms with Crippen LogP contribution in [0.5, 0.6) is 0 Å². The first-order valence-corrected chi connectivity index (χ1v) is 9.87. The Morgan fingerprint density at radius 1 is 1.18 bits per heavy atom. The number of ether oxygens (including phenoxy) is 1. The van der Waals surface area contributed by atoms with Crippen LogP contribution in [0.15, 0.2) is 12.1 Å². The number of aliphatic hydroxyl groups is 4. The summed E-state index contributed by atoms with van der Waals surface area (Å²) < 4.78 is 7.26. The van der Waals surface area contributed by atoms with E-state index in [0.717, 1.165) is 6.42 Å². The fraction of sp³-hybridized carbons (Fsp3) is 0.611. The molecule has 0 unspecified atom stereocenters. The highest BCUT2D eigenvalue weighted by Crippen LogP contribution is 2.37. The molecule has 1 saturated heterocycles. The van der Waals surface area contributed by atoms with Gasteiger partial charge in [0.15, 0.2) is 6.23 Å². The van der Waals surface area contributed by atoms with Gasteiger partial charge in [0.25, 0.3) is 0 Å². The second-order valence-corrected chi connectivity index (χ2v) is 7.63. The van der Waals surface area contributed by atoms with Crippen LogP contribution in [0.2, 0.25) is 10.0 Å². The zero-order valence-electron chi connectivity index (χ0n) is 16.0. The van der Waals surface area contributed by atoms with Gasteiger partial charge in [-0.05, 0) is 32.4 Å². The summed E-state index contributed by atoms with van der Waals surface area (Å²) in [6.45, 7) is 5.74. The molecule has 10 heteroatoms. The number of nitrogens with one attached hydrogen (secondary N) is 1. The normalized spacial score (nSPS) is 24.5. The number of halogens is 2. The van der Waals surface area contributed by atoms with Crippen molar-refractivity contribution < 1.29 is 25.2 Å². The molecule has 4 atom stereocenters. The number of hydrogen-bond donors (Lipinski definition) is 5. The Balaban J connectivity index is 0.000000640. The van der Waals surface area contributed by atoms with Crippen LogP contribution in [0.4, 0.5) is 5.95 Å². The Kier molecular flexibility index (Phi) is 8.32. The first-order valence-electron chi connectivity index (χ1n) is 9.11. The Hall–Kier alpha value is -1.13. The van der Waals surface area contributed by atoms with Crippen LogP contribution in [-0.2, 0) is 4.74 Å². The van der Waals surface area contributed by atoms with Gasteiger partial charge in [0.1, 0.15) is 18.3 Å². The minimum atomic E-state index is -1.22. The average molecular weight is 436 g/mol. The summed E-state index contributed by atoms with van der Waals surface area (Å²) in [5.41, 5.74) is 1.17. The third kappa shape index (κ3) is 4.88. The van der Waals surface area contributed by atoms with Crippen molar-refractivity contribution in [2.24, 2.45) is 0 Å². The molecule has 2 aromatic rings. The number of fused-ring (bicyclic) bond motifs is 1. The maximum Gasteiger partial charge on any atom is 0.206 e. The molecule has 3 rings (SSSR count). The quantitative estimate of drug-likeness (QED) is 0.487. The molecule has 0 aliphatic carbocycles. The maximum atomic E-state index is 10.4. The Morgan fingerprint density at radius 2 is 1.79 bits per heavy atom. The minimum Gasteiger partial charge on any atom is -0.396 e. The van der Waals surface area contributed by atoms with Gasteiger partial charge in [-0.2, -0.15) is 0 Å². The highest BCUT2D eigenvalue weighted by atomic mass is 35.5.